The molecular formula is C22H26N4O2S. The van der Waals surface area contributed by atoms with E-state index < -0.39 is 0 Å². The molecule has 1 saturated heterocycles. The Morgan fingerprint density at radius 2 is 2.07 bits per heavy atom. The van der Waals surface area contributed by atoms with Crippen molar-refractivity contribution in [2.45, 2.75) is 39.3 Å². The van der Waals surface area contributed by atoms with Crippen molar-refractivity contribution >= 4 is 17.2 Å². The highest BCUT2D eigenvalue weighted by molar-refractivity contribution is 7.13. The lowest BCUT2D eigenvalue weighted by Gasteiger charge is -2.31. The number of carbonyl (C=O) groups excluding carboxylic acids is 1. The van der Waals surface area contributed by atoms with Gasteiger partial charge in [0, 0.05) is 5.92 Å². The van der Waals surface area contributed by atoms with E-state index in [9.17, 15) is 4.79 Å². The topological polar surface area (TPSA) is 71.3 Å². The van der Waals surface area contributed by atoms with Crippen LogP contribution in [0.25, 0.3) is 10.7 Å². The molecule has 1 aliphatic heterocycles. The fourth-order valence-corrected chi connectivity index (χ4v) is 4.50. The maximum Gasteiger partial charge on any atom is 0.241 e. The Bertz CT molecular complexity index is 945. The number of thiophene rings is 1. The molecule has 152 valence electrons. The van der Waals surface area contributed by atoms with Crippen molar-refractivity contribution in [3.63, 3.8) is 0 Å². The van der Waals surface area contributed by atoms with Gasteiger partial charge in [0.2, 0.25) is 17.6 Å². The lowest BCUT2D eigenvalue weighted by Crippen LogP contribution is -2.41. The van der Waals surface area contributed by atoms with Crippen LogP contribution in [0.15, 0.2) is 46.3 Å². The normalized spacial score (nSPS) is 16.6. The number of hydrogen-bond donors (Lipinski definition) is 1. The van der Waals surface area contributed by atoms with Crippen LogP contribution in [-0.2, 0) is 11.3 Å². The number of carbonyl (C=O) groups is 1. The van der Waals surface area contributed by atoms with Crippen LogP contribution >= 0.6 is 11.3 Å². The molecule has 3 aromatic rings. The van der Waals surface area contributed by atoms with Crippen LogP contribution in [0.4, 0.5) is 0 Å². The summed E-state index contributed by atoms with van der Waals surface area (Å²) in [4.78, 5) is 20.5. The van der Waals surface area contributed by atoms with Gasteiger partial charge in [0.05, 0.1) is 17.5 Å². The van der Waals surface area contributed by atoms with Crippen molar-refractivity contribution < 1.29 is 9.32 Å². The summed E-state index contributed by atoms with van der Waals surface area (Å²) < 4.78 is 5.40. The van der Waals surface area contributed by atoms with Gasteiger partial charge in [-0.05, 0) is 62.4 Å². The van der Waals surface area contributed by atoms with Gasteiger partial charge in [0.15, 0.2) is 0 Å². The predicted octanol–water partition coefficient (Wildman–Crippen LogP) is 4.20. The molecule has 29 heavy (non-hydrogen) atoms. The number of nitrogens with zero attached hydrogens (tertiary/aromatic N) is 3. The highest BCUT2D eigenvalue weighted by Gasteiger charge is 2.27. The molecule has 1 aromatic carbocycles. The van der Waals surface area contributed by atoms with Crippen molar-refractivity contribution in [1.82, 2.24) is 20.4 Å². The van der Waals surface area contributed by atoms with Gasteiger partial charge in [-0.25, -0.2) is 0 Å². The molecule has 1 unspecified atom stereocenters. The number of benzene rings is 1. The zero-order valence-corrected chi connectivity index (χ0v) is 17.6. The molecule has 2 aromatic heterocycles. The van der Waals surface area contributed by atoms with Gasteiger partial charge < -0.3 is 9.84 Å². The average molecular weight is 411 g/mol. The minimum atomic E-state index is 0.0239. The van der Waals surface area contributed by atoms with E-state index in [0.717, 1.165) is 30.8 Å². The van der Waals surface area contributed by atoms with Gasteiger partial charge in [-0.3, -0.25) is 9.69 Å². The number of aromatic nitrogens is 2. The van der Waals surface area contributed by atoms with E-state index in [1.54, 1.807) is 11.3 Å². The molecule has 0 radical (unpaired) electrons. The molecule has 7 heteroatoms. The first-order valence-electron chi connectivity index (χ1n) is 10.0. The van der Waals surface area contributed by atoms with E-state index in [4.69, 9.17) is 4.52 Å². The summed E-state index contributed by atoms with van der Waals surface area (Å²) >= 11 is 1.60. The van der Waals surface area contributed by atoms with Gasteiger partial charge in [-0.2, -0.15) is 4.98 Å². The maximum absolute atomic E-state index is 12.7. The first-order valence-corrected chi connectivity index (χ1v) is 10.9. The van der Waals surface area contributed by atoms with Gasteiger partial charge in [0.1, 0.15) is 0 Å². The van der Waals surface area contributed by atoms with E-state index >= 15 is 0 Å². The summed E-state index contributed by atoms with van der Waals surface area (Å²) in [5.74, 6) is 1.49. The number of aryl methyl sites for hydroxylation is 1. The molecule has 0 spiro atoms. The summed E-state index contributed by atoms with van der Waals surface area (Å²) in [6, 6.07) is 12.2. The number of amides is 1. The molecule has 6 nitrogen and oxygen atoms in total. The molecule has 0 aliphatic carbocycles. The number of nitrogens with one attached hydrogen (secondary N) is 1. The molecule has 0 saturated carbocycles. The molecule has 0 bridgehead atoms. The maximum atomic E-state index is 12.7. The largest absolute Gasteiger partial charge is 0.349 e. The quantitative estimate of drug-likeness (QED) is 0.660. The van der Waals surface area contributed by atoms with Crippen molar-refractivity contribution in [3.05, 3.63) is 58.8 Å². The van der Waals surface area contributed by atoms with Gasteiger partial charge >= 0.3 is 0 Å². The molecule has 1 N–H and O–H groups in total. The summed E-state index contributed by atoms with van der Waals surface area (Å²) in [5, 5.41) is 9.26. The third-order valence-corrected chi connectivity index (χ3v) is 6.41. The summed E-state index contributed by atoms with van der Waals surface area (Å²) in [6.07, 6.45) is 1.69. The van der Waals surface area contributed by atoms with Crippen molar-refractivity contribution in [3.8, 4) is 10.7 Å². The number of rotatable bonds is 6. The van der Waals surface area contributed by atoms with Crippen molar-refractivity contribution in [1.29, 1.82) is 0 Å². The van der Waals surface area contributed by atoms with E-state index in [0.29, 0.717) is 18.3 Å². The third kappa shape index (κ3) is 4.74. The van der Waals surface area contributed by atoms with Crippen LogP contribution in [0, 0.1) is 12.8 Å². The van der Waals surface area contributed by atoms with Gasteiger partial charge in [-0.1, -0.05) is 35.5 Å². The molecule has 4 rings (SSSR count). The minimum Gasteiger partial charge on any atom is -0.349 e. The highest BCUT2D eigenvalue weighted by Crippen LogP contribution is 2.24. The number of hydrogen-bond acceptors (Lipinski definition) is 6. The summed E-state index contributed by atoms with van der Waals surface area (Å²) in [7, 11) is 0. The Morgan fingerprint density at radius 1 is 1.28 bits per heavy atom. The Hall–Kier alpha value is -2.51. The summed E-state index contributed by atoms with van der Waals surface area (Å²) in [6.45, 7) is 6.47. The van der Waals surface area contributed by atoms with Crippen molar-refractivity contribution in [2.24, 2.45) is 5.92 Å². The fourth-order valence-electron chi connectivity index (χ4n) is 3.85. The Morgan fingerprint density at radius 3 is 2.79 bits per heavy atom. The summed E-state index contributed by atoms with van der Waals surface area (Å²) in [5.41, 5.74) is 2.38. The van der Waals surface area contributed by atoms with Crippen molar-refractivity contribution in [2.75, 3.05) is 13.1 Å². The Kier molecular flexibility index (Phi) is 6.06. The monoisotopic (exact) mass is 410 g/mol. The first-order chi connectivity index (χ1) is 14.1. The Balaban J connectivity index is 1.27. The van der Waals surface area contributed by atoms with Crippen LogP contribution in [0.5, 0.6) is 0 Å². The zero-order valence-electron chi connectivity index (χ0n) is 16.8. The van der Waals surface area contributed by atoms with Crippen LogP contribution in [0.1, 0.15) is 42.8 Å². The first kappa shape index (κ1) is 19.8. The second-order valence-electron chi connectivity index (χ2n) is 7.63. The van der Waals surface area contributed by atoms with E-state index in [2.05, 4.69) is 46.3 Å². The van der Waals surface area contributed by atoms with Gasteiger partial charge in [0.25, 0.3) is 0 Å². The van der Waals surface area contributed by atoms with E-state index in [1.807, 2.05) is 29.6 Å². The van der Waals surface area contributed by atoms with Crippen LogP contribution in [0.2, 0.25) is 0 Å². The molecule has 1 fully saturated rings. The molecular weight excluding hydrogens is 384 g/mol. The predicted molar refractivity (Wildman–Crippen MR) is 113 cm³/mol. The molecule has 1 atom stereocenters. The Labute approximate surface area is 174 Å². The van der Waals surface area contributed by atoms with E-state index in [1.165, 1.54) is 11.1 Å². The highest BCUT2D eigenvalue weighted by atomic mass is 32.1. The number of likely N-dealkylation sites (tertiary alicyclic amines) is 1. The third-order valence-electron chi connectivity index (χ3n) is 5.54. The standard InChI is InChI=1S/C22H26N4O2S/c1-15-6-3-4-7-18(15)16(2)23-22(27)17-9-11-26(12-10-17)14-20-24-21(25-28-20)19-8-5-13-29-19/h3-8,13,16-17H,9-12,14H2,1-2H3,(H,23,27). The smallest absolute Gasteiger partial charge is 0.241 e. The second-order valence-corrected chi connectivity index (χ2v) is 8.57. The minimum absolute atomic E-state index is 0.0239. The van der Waals surface area contributed by atoms with Gasteiger partial charge in [-0.15, -0.1) is 11.3 Å². The lowest BCUT2D eigenvalue weighted by atomic mass is 9.94. The number of piperidine rings is 1. The molecule has 1 aliphatic rings. The van der Waals surface area contributed by atoms with Crippen LogP contribution in [0.3, 0.4) is 0 Å². The van der Waals surface area contributed by atoms with Crippen LogP contribution in [-0.4, -0.2) is 34.0 Å². The fraction of sp³-hybridized carbons (Fsp3) is 0.409. The van der Waals surface area contributed by atoms with E-state index in [-0.39, 0.29) is 17.9 Å². The molecule has 3 heterocycles. The second kappa shape index (κ2) is 8.88. The average Bonchev–Trinajstić information content (AvgIpc) is 3.40. The lowest BCUT2D eigenvalue weighted by molar-refractivity contribution is -0.127. The SMILES string of the molecule is Cc1ccccc1C(C)NC(=O)C1CCN(Cc2nc(-c3cccs3)no2)CC1. The zero-order chi connectivity index (χ0) is 20.2. The molecule has 1 amide bonds. The van der Waals surface area contributed by atoms with Crippen LogP contribution < -0.4 is 5.32 Å².